The van der Waals surface area contributed by atoms with Crippen molar-refractivity contribution in [2.45, 2.75) is 25.9 Å². The molecule has 0 aromatic carbocycles. The Labute approximate surface area is 143 Å². The second kappa shape index (κ2) is 7.43. The van der Waals surface area contributed by atoms with Crippen molar-refractivity contribution >= 4 is 5.91 Å². The summed E-state index contributed by atoms with van der Waals surface area (Å²) in [6.07, 6.45) is 5.65. The summed E-state index contributed by atoms with van der Waals surface area (Å²) < 4.78 is 6.70. The lowest BCUT2D eigenvalue weighted by atomic mass is 9.95. The number of hydrogen-bond donors (Lipinski definition) is 2. The molecule has 0 bridgehead atoms. The third-order valence-corrected chi connectivity index (χ3v) is 4.29. The van der Waals surface area contributed by atoms with E-state index in [9.17, 15) is 14.4 Å². The monoisotopic (exact) mass is 344 g/mol. The van der Waals surface area contributed by atoms with Crippen LogP contribution in [0.25, 0.3) is 0 Å². The largest absolute Gasteiger partial charge is 0.379 e. The lowest BCUT2D eigenvalue weighted by Crippen LogP contribution is -2.44. The minimum absolute atomic E-state index is 0.111. The van der Waals surface area contributed by atoms with E-state index in [-0.39, 0.29) is 24.4 Å². The van der Waals surface area contributed by atoms with E-state index < -0.39 is 11.2 Å². The first-order valence-corrected chi connectivity index (χ1v) is 8.09. The van der Waals surface area contributed by atoms with Crippen molar-refractivity contribution in [1.82, 2.24) is 19.9 Å². The first-order chi connectivity index (χ1) is 12.0. The molecule has 0 radical (unpaired) electrons. The third-order valence-electron chi connectivity index (χ3n) is 4.29. The SMILES string of the molecule is Cc1cn(CC(=O)N[C@H]2COC[C@H]2Cc2ccncc2)c(=O)[nH]c1=O. The van der Waals surface area contributed by atoms with Gasteiger partial charge in [0.25, 0.3) is 5.56 Å². The van der Waals surface area contributed by atoms with Gasteiger partial charge in [-0.15, -0.1) is 0 Å². The Morgan fingerprint density at radius 2 is 2.12 bits per heavy atom. The molecule has 0 spiro atoms. The van der Waals surface area contributed by atoms with Gasteiger partial charge < -0.3 is 10.1 Å². The van der Waals surface area contributed by atoms with Gasteiger partial charge in [0.05, 0.1) is 19.3 Å². The lowest BCUT2D eigenvalue weighted by Gasteiger charge is -2.19. The van der Waals surface area contributed by atoms with Gasteiger partial charge in [-0.3, -0.25) is 24.1 Å². The fraction of sp³-hybridized carbons (Fsp3) is 0.412. The van der Waals surface area contributed by atoms with Gasteiger partial charge in [0.1, 0.15) is 6.54 Å². The summed E-state index contributed by atoms with van der Waals surface area (Å²) in [5.74, 6) is -0.121. The standard InChI is InChI=1S/C17H20N4O4/c1-11-7-21(17(24)20-16(11)23)8-15(22)19-14-10-25-9-13(14)6-12-2-4-18-5-3-12/h2-5,7,13-14H,6,8-10H2,1H3,(H,19,22)(H,20,23,24)/t13-,14+/m1/s1. The summed E-state index contributed by atoms with van der Waals surface area (Å²) in [4.78, 5) is 41.6. The van der Waals surface area contributed by atoms with Crippen LogP contribution in [0.1, 0.15) is 11.1 Å². The number of H-pyrrole nitrogens is 1. The maximum absolute atomic E-state index is 12.3. The van der Waals surface area contributed by atoms with E-state index in [2.05, 4.69) is 15.3 Å². The Morgan fingerprint density at radius 1 is 1.36 bits per heavy atom. The van der Waals surface area contributed by atoms with E-state index in [1.807, 2.05) is 12.1 Å². The number of carbonyl (C=O) groups is 1. The molecule has 2 N–H and O–H groups in total. The maximum Gasteiger partial charge on any atom is 0.328 e. The van der Waals surface area contributed by atoms with Crippen LogP contribution in [0.4, 0.5) is 0 Å². The Hall–Kier alpha value is -2.74. The van der Waals surface area contributed by atoms with Gasteiger partial charge in [-0.2, -0.15) is 0 Å². The summed E-state index contributed by atoms with van der Waals surface area (Å²) in [5.41, 5.74) is 0.481. The van der Waals surface area contributed by atoms with Crippen LogP contribution in [0.2, 0.25) is 0 Å². The fourth-order valence-corrected chi connectivity index (χ4v) is 2.92. The van der Waals surface area contributed by atoms with Gasteiger partial charge in [0.2, 0.25) is 5.91 Å². The number of ether oxygens (including phenoxy) is 1. The highest BCUT2D eigenvalue weighted by Gasteiger charge is 2.29. The van der Waals surface area contributed by atoms with Crippen LogP contribution >= 0.6 is 0 Å². The molecule has 0 aliphatic carbocycles. The molecule has 2 atom stereocenters. The zero-order valence-corrected chi connectivity index (χ0v) is 13.9. The normalized spacial score (nSPS) is 19.7. The molecule has 8 heteroatoms. The van der Waals surface area contributed by atoms with Gasteiger partial charge in [0.15, 0.2) is 0 Å². The maximum atomic E-state index is 12.3. The van der Waals surface area contributed by atoms with E-state index in [1.54, 1.807) is 19.3 Å². The van der Waals surface area contributed by atoms with Crippen LogP contribution in [-0.2, 0) is 22.5 Å². The number of amides is 1. The van der Waals surface area contributed by atoms with Crippen LogP contribution in [0.15, 0.2) is 40.3 Å². The van der Waals surface area contributed by atoms with E-state index >= 15 is 0 Å². The zero-order chi connectivity index (χ0) is 17.8. The van der Waals surface area contributed by atoms with Crippen LogP contribution in [0.5, 0.6) is 0 Å². The van der Waals surface area contributed by atoms with Crippen molar-refractivity contribution in [1.29, 1.82) is 0 Å². The molecule has 8 nitrogen and oxygen atoms in total. The van der Waals surface area contributed by atoms with Crippen molar-refractivity contribution in [3.63, 3.8) is 0 Å². The molecule has 3 heterocycles. The summed E-state index contributed by atoms with van der Waals surface area (Å²) in [7, 11) is 0. The number of pyridine rings is 1. The smallest absolute Gasteiger partial charge is 0.328 e. The van der Waals surface area contributed by atoms with Crippen LogP contribution in [-0.4, -0.2) is 39.7 Å². The van der Waals surface area contributed by atoms with Crippen LogP contribution < -0.4 is 16.6 Å². The minimum atomic E-state index is -0.596. The topological polar surface area (TPSA) is 106 Å². The summed E-state index contributed by atoms with van der Waals surface area (Å²) in [5, 5.41) is 2.93. The predicted molar refractivity (Wildman–Crippen MR) is 90.2 cm³/mol. The molecule has 1 aliphatic rings. The summed E-state index contributed by atoms with van der Waals surface area (Å²) in [6.45, 7) is 2.46. The first-order valence-electron chi connectivity index (χ1n) is 8.09. The fourth-order valence-electron chi connectivity index (χ4n) is 2.92. The highest BCUT2D eigenvalue weighted by Crippen LogP contribution is 2.18. The first kappa shape index (κ1) is 17.1. The minimum Gasteiger partial charge on any atom is -0.379 e. The van der Waals surface area contributed by atoms with Crippen molar-refractivity contribution < 1.29 is 9.53 Å². The Bertz CT molecular complexity index is 859. The van der Waals surface area contributed by atoms with Gasteiger partial charge in [-0.1, -0.05) is 0 Å². The quantitative estimate of drug-likeness (QED) is 0.769. The molecule has 3 rings (SSSR count). The van der Waals surface area contributed by atoms with Gasteiger partial charge in [-0.05, 0) is 31.0 Å². The number of aromatic amines is 1. The van der Waals surface area contributed by atoms with Crippen molar-refractivity contribution in [3.05, 3.63) is 62.7 Å². The molecule has 1 fully saturated rings. The lowest BCUT2D eigenvalue weighted by molar-refractivity contribution is -0.122. The second-order valence-corrected chi connectivity index (χ2v) is 6.23. The molecule has 1 amide bonds. The molecule has 0 unspecified atom stereocenters. The Balaban J connectivity index is 1.63. The zero-order valence-electron chi connectivity index (χ0n) is 13.9. The summed E-state index contributed by atoms with van der Waals surface area (Å²) in [6, 6.07) is 3.78. The average Bonchev–Trinajstić information content (AvgIpc) is 3.00. The van der Waals surface area contributed by atoms with E-state index in [0.717, 1.165) is 12.0 Å². The predicted octanol–water partition coefficient (Wildman–Crippen LogP) is -0.386. The number of aryl methyl sites for hydroxylation is 1. The number of nitrogens with zero attached hydrogens (tertiary/aromatic N) is 2. The molecule has 1 saturated heterocycles. The van der Waals surface area contributed by atoms with Crippen molar-refractivity contribution in [3.8, 4) is 0 Å². The van der Waals surface area contributed by atoms with Crippen LogP contribution in [0, 0.1) is 12.8 Å². The molecule has 25 heavy (non-hydrogen) atoms. The molecule has 1 aliphatic heterocycles. The molecule has 0 saturated carbocycles. The number of nitrogens with one attached hydrogen (secondary N) is 2. The Morgan fingerprint density at radius 3 is 2.88 bits per heavy atom. The van der Waals surface area contributed by atoms with Crippen molar-refractivity contribution in [2.24, 2.45) is 5.92 Å². The third kappa shape index (κ3) is 4.21. The van der Waals surface area contributed by atoms with Gasteiger partial charge >= 0.3 is 5.69 Å². The van der Waals surface area contributed by atoms with Crippen molar-refractivity contribution in [2.75, 3.05) is 13.2 Å². The molecule has 2 aromatic rings. The van der Waals surface area contributed by atoms with Gasteiger partial charge in [-0.25, -0.2) is 4.79 Å². The van der Waals surface area contributed by atoms with Gasteiger partial charge in [0, 0.05) is 30.1 Å². The summed E-state index contributed by atoms with van der Waals surface area (Å²) >= 11 is 0. The van der Waals surface area contributed by atoms with E-state index in [0.29, 0.717) is 18.8 Å². The Kier molecular flexibility index (Phi) is 5.08. The number of carbonyl (C=O) groups excluding carboxylic acids is 1. The molecule has 2 aromatic heterocycles. The molecular formula is C17H20N4O4. The number of rotatable bonds is 5. The average molecular weight is 344 g/mol. The number of hydrogen-bond acceptors (Lipinski definition) is 5. The van der Waals surface area contributed by atoms with Crippen LogP contribution in [0.3, 0.4) is 0 Å². The second-order valence-electron chi connectivity index (χ2n) is 6.23. The van der Waals surface area contributed by atoms with E-state index in [1.165, 1.54) is 10.8 Å². The molecule has 132 valence electrons. The number of aromatic nitrogens is 3. The highest BCUT2D eigenvalue weighted by molar-refractivity contribution is 5.76. The highest BCUT2D eigenvalue weighted by atomic mass is 16.5. The molecular weight excluding hydrogens is 324 g/mol. The van der Waals surface area contributed by atoms with E-state index in [4.69, 9.17) is 4.74 Å².